The number of aryl methyl sites for hydroxylation is 1. The Morgan fingerprint density at radius 2 is 2.11 bits per heavy atom. The molecule has 1 aromatic rings. The standard InChI is InChI=1S/C14H19FN2O/c15-11-13(16)7-4-10-17-14(18)9-8-12-5-2-1-3-6-12/h1-7,13H,8-11,16H2,(H,17,18)/b7-4+. The van der Waals surface area contributed by atoms with Crippen LogP contribution in [0.15, 0.2) is 42.5 Å². The Morgan fingerprint density at radius 3 is 2.78 bits per heavy atom. The molecule has 0 bridgehead atoms. The van der Waals surface area contributed by atoms with E-state index in [1.165, 1.54) is 0 Å². The Bertz CT molecular complexity index is 379. The Kier molecular flexibility index (Phi) is 6.72. The van der Waals surface area contributed by atoms with Crippen molar-refractivity contribution in [2.45, 2.75) is 18.9 Å². The van der Waals surface area contributed by atoms with Gasteiger partial charge >= 0.3 is 0 Å². The van der Waals surface area contributed by atoms with Gasteiger partial charge in [0.1, 0.15) is 6.67 Å². The van der Waals surface area contributed by atoms with Gasteiger partial charge in [0.25, 0.3) is 0 Å². The zero-order valence-corrected chi connectivity index (χ0v) is 10.3. The van der Waals surface area contributed by atoms with Crippen LogP contribution in [0.2, 0.25) is 0 Å². The minimum atomic E-state index is -0.585. The maximum atomic E-state index is 12.0. The fourth-order valence-corrected chi connectivity index (χ4v) is 1.46. The summed E-state index contributed by atoms with van der Waals surface area (Å²) in [5.74, 6) is -0.0164. The number of benzene rings is 1. The van der Waals surface area contributed by atoms with Gasteiger partial charge in [-0.15, -0.1) is 0 Å². The van der Waals surface area contributed by atoms with Crippen molar-refractivity contribution < 1.29 is 9.18 Å². The molecule has 1 atom stereocenters. The van der Waals surface area contributed by atoms with Crippen LogP contribution in [0.1, 0.15) is 12.0 Å². The minimum absolute atomic E-state index is 0.0164. The molecule has 0 aromatic heterocycles. The molecule has 98 valence electrons. The van der Waals surface area contributed by atoms with E-state index in [2.05, 4.69) is 5.32 Å². The fraction of sp³-hybridized carbons (Fsp3) is 0.357. The summed E-state index contributed by atoms with van der Waals surface area (Å²) in [6.07, 6.45) is 4.40. The van der Waals surface area contributed by atoms with Gasteiger partial charge in [-0.3, -0.25) is 4.79 Å². The Labute approximate surface area is 107 Å². The molecular formula is C14H19FN2O. The van der Waals surface area contributed by atoms with Gasteiger partial charge in [-0.25, -0.2) is 4.39 Å². The molecule has 0 aliphatic rings. The Morgan fingerprint density at radius 1 is 1.39 bits per heavy atom. The van der Waals surface area contributed by atoms with Crippen LogP contribution in [0.3, 0.4) is 0 Å². The van der Waals surface area contributed by atoms with E-state index < -0.39 is 12.7 Å². The minimum Gasteiger partial charge on any atom is -0.353 e. The summed E-state index contributed by atoms with van der Waals surface area (Å²) in [6.45, 7) is -0.195. The first kappa shape index (κ1) is 14.4. The summed E-state index contributed by atoms with van der Waals surface area (Å²) < 4.78 is 12.0. The van der Waals surface area contributed by atoms with Crippen LogP contribution in [0.5, 0.6) is 0 Å². The lowest BCUT2D eigenvalue weighted by molar-refractivity contribution is -0.120. The lowest BCUT2D eigenvalue weighted by atomic mass is 10.1. The van der Waals surface area contributed by atoms with Crippen molar-refractivity contribution in [3.05, 3.63) is 48.0 Å². The number of hydrogen-bond acceptors (Lipinski definition) is 2. The summed E-state index contributed by atoms with van der Waals surface area (Å²) >= 11 is 0. The van der Waals surface area contributed by atoms with Gasteiger partial charge in [-0.1, -0.05) is 42.5 Å². The molecule has 0 fully saturated rings. The number of carbonyl (C=O) groups excluding carboxylic acids is 1. The average Bonchev–Trinajstić information content (AvgIpc) is 2.42. The molecule has 0 saturated heterocycles. The number of amides is 1. The van der Waals surface area contributed by atoms with Gasteiger partial charge in [-0.2, -0.15) is 0 Å². The van der Waals surface area contributed by atoms with Gasteiger partial charge in [0, 0.05) is 13.0 Å². The molecule has 1 amide bonds. The van der Waals surface area contributed by atoms with E-state index >= 15 is 0 Å². The van der Waals surface area contributed by atoms with Crippen LogP contribution in [-0.2, 0) is 11.2 Å². The summed E-state index contributed by atoms with van der Waals surface area (Å²) in [7, 11) is 0. The maximum absolute atomic E-state index is 12.0. The van der Waals surface area contributed by atoms with E-state index in [1.54, 1.807) is 12.2 Å². The van der Waals surface area contributed by atoms with E-state index in [1.807, 2.05) is 30.3 Å². The van der Waals surface area contributed by atoms with Crippen LogP contribution < -0.4 is 11.1 Å². The molecule has 3 N–H and O–H groups in total. The molecular weight excluding hydrogens is 231 g/mol. The van der Waals surface area contributed by atoms with Gasteiger partial charge in [0.15, 0.2) is 0 Å². The van der Waals surface area contributed by atoms with Crippen molar-refractivity contribution >= 4 is 5.91 Å². The second kappa shape index (κ2) is 8.42. The zero-order chi connectivity index (χ0) is 13.2. The Hall–Kier alpha value is -1.68. The van der Waals surface area contributed by atoms with E-state index in [0.717, 1.165) is 12.0 Å². The normalized spacial score (nSPS) is 12.6. The van der Waals surface area contributed by atoms with Gasteiger partial charge in [-0.05, 0) is 12.0 Å². The predicted octanol–water partition coefficient (Wildman–Crippen LogP) is 1.59. The average molecular weight is 250 g/mol. The van der Waals surface area contributed by atoms with E-state index in [4.69, 9.17) is 5.73 Å². The number of rotatable bonds is 7. The molecule has 18 heavy (non-hydrogen) atoms. The first-order valence-corrected chi connectivity index (χ1v) is 6.01. The van der Waals surface area contributed by atoms with Crippen molar-refractivity contribution in [1.82, 2.24) is 5.32 Å². The third kappa shape index (κ3) is 6.15. The highest BCUT2D eigenvalue weighted by atomic mass is 19.1. The number of alkyl halides is 1. The highest BCUT2D eigenvalue weighted by molar-refractivity contribution is 5.76. The monoisotopic (exact) mass is 250 g/mol. The molecule has 0 heterocycles. The van der Waals surface area contributed by atoms with Crippen LogP contribution in [0.25, 0.3) is 0 Å². The first-order chi connectivity index (χ1) is 8.72. The molecule has 1 aromatic carbocycles. The fourth-order valence-electron chi connectivity index (χ4n) is 1.46. The highest BCUT2D eigenvalue weighted by Crippen LogP contribution is 2.01. The van der Waals surface area contributed by atoms with Crippen molar-refractivity contribution in [3.8, 4) is 0 Å². The van der Waals surface area contributed by atoms with Crippen LogP contribution in [0, 0.1) is 0 Å². The summed E-state index contributed by atoms with van der Waals surface area (Å²) in [5.41, 5.74) is 6.49. The van der Waals surface area contributed by atoms with Crippen molar-refractivity contribution in [2.24, 2.45) is 5.73 Å². The van der Waals surface area contributed by atoms with Gasteiger partial charge in [0.05, 0.1) is 6.04 Å². The quantitative estimate of drug-likeness (QED) is 0.722. The second-order valence-corrected chi connectivity index (χ2v) is 4.04. The summed E-state index contributed by atoms with van der Waals surface area (Å²) in [5, 5.41) is 2.73. The molecule has 4 heteroatoms. The van der Waals surface area contributed by atoms with Crippen molar-refractivity contribution in [2.75, 3.05) is 13.2 Å². The van der Waals surface area contributed by atoms with Crippen LogP contribution in [-0.4, -0.2) is 25.2 Å². The first-order valence-electron chi connectivity index (χ1n) is 6.01. The van der Waals surface area contributed by atoms with E-state index in [-0.39, 0.29) is 5.91 Å². The van der Waals surface area contributed by atoms with Crippen LogP contribution >= 0.6 is 0 Å². The number of carbonyl (C=O) groups is 1. The molecule has 0 aliphatic heterocycles. The Balaban J connectivity index is 2.17. The smallest absolute Gasteiger partial charge is 0.220 e. The zero-order valence-electron chi connectivity index (χ0n) is 10.3. The molecule has 1 rings (SSSR count). The molecule has 0 aliphatic carbocycles. The maximum Gasteiger partial charge on any atom is 0.220 e. The molecule has 3 nitrogen and oxygen atoms in total. The lowest BCUT2D eigenvalue weighted by Gasteiger charge is -2.03. The largest absolute Gasteiger partial charge is 0.353 e. The third-order valence-electron chi connectivity index (χ3n) is 2.46. The van der Waals surface area contributed by atoms with Gasteiger partial charge < -0.3 is 11.1 Å². The van der Waals surface area contributed by atoms with E-state index in [9.17, 15) is 9.18 Å². The molecule has 1 unspecified atom stereocenters. The highest BCUT2D eigenvalue weighted by Gasteiger charge is 2.00. The van der Waals surface area contributed by atoms with Gasteiger partial charge in [0.2, 0.25) is 5.91 Å². The van der Waals surface area contributed by atoms with Crippen molar-refractivity contribution in [1.29, 1.82) is 0 Å². The third-order valence-corrected chi connectivity index (χ3v) is 2.46. The lowest BCUT2D eigenvalue weighted by Crippen LogP contribution is -2.24. The molecule has 0 spiro atoms. The van der Waals surface area contributed by atoms with Crippen LogP contribution in [0.4, 0.5) is 4.39 Å². The number of halogens is 1. The molecule has 0 saturated carbocycles. The van der Waals surface area contributed by atoms with Crippen molar-refractivity contribution in [3.63, 3.8) is 0 Å². The number of hydrogen-bond donors (Lipinski definition) is 2. The second-order valence-electron chi connectivity index (χ2n) is 4.04. The predicted molar refractivity (Wildman–Crippen MR) is 70.9 cm³/mol. The number of nitrogens with two attached hydrogens (primary N) is 1. The summed E-state index contributed by atoms with van der Waals surface area (Å²) in [4.78, 5) is 11.5. The SMILES string of the molecule is NC(/C=C/CNC(=O)CCc1ccccc1)CF. The topological polar surface area (TPSA) is 55.1 Å². The summed E-state index contributed by atoms with van der Waals surface area (Å²) in [6, 6.07) is 9.26. The van der Waals surface area contributed by atoms with E-state index in [0.29, 0.717) is 13.0 Å². The molecule has 0 radical (unpaired) electrons. The number of nitrogens with one attached hydrogen (secondary N) is 1.